The van der Waals surface area contributed by atoms with Crippen molar-refractivity contribution in [1.29, 1.82) is 0 Å². The Kier molecular flexibility index (Phi) is 132. The van der Waals surface area contributed by atoms with Gasteiger partial charge in [-0.2, -0.15) is 71.8 Å². The normalized spacial score (nSPS) is 5.41. The van der Waals surface area contributed by atoms with Gasteiger partial charge >= 0.3 is 0 Å². The van der Waals surface area contributed by atoms with E-state index in [9.17, 15) is 0 Å². The van der Waals surface area contributed by atoms with Crippen molar-refractivity contribution in [2.24, 2.45) is 0 Å². The molecule has 0 bridgehead atoms. The topological polar surface area (TPSA) is 0 Å². The molecular formula is C25H49Y2-3. The van der Waals surface area contributed by atoms with E-state index < -0.39 is 0 Å². The minimum Gasteiger partial charge on any atom is -0.358 e. The molecule has 158 valence electrons. The molecule has 0 heterocycles. The van der Waals surface area contributed by atoms with E-state index in [4.69, 9.17) is 0 Å². The van der Waals surface area contributed by atoms with E-state index in [0.717, 1.165) is 0 Å². The Morgan fingerprint density at radius 1 is 0.519 bits per heavy atom. The second-order valence-corrected chi connectivity index (χ2v) is 3.09. The summed E-state index contributed by atoms with van der Waals surface area (Å²) >= 11 is 0. The van der Waals surface area contributed by atoms with Gasteiger partial charge in [-0.1, -0.05) is 84.1 Å². The molecule has 2 aromatic rings. The third-order valence-corrected chi connectivity index (χ3v) is 1.73. The van der Waals surface area contributed by atoms with Gasteiger partial charge in [-0.3, -0.25) is 0 Å². The molecule has 2 aromatic carbocycles. The molecule has 0 aliphatic carbocycles. The summed E-state index contributed by atoms with van der Waals surface area (Å²) in [5.74, 6) is 0. The van der Waals surface area contributed by atoms with Gasteiger partial charge in [0, 0.05) is 65.4 Å². The molecule has 0 aromatic heterocycles. The van der Waals surface area contributed by atoms with Gasteiger partial charge in [0.05, 0.1) is 0 Å². The summed E-state index contributed by atoms with van der Waals surface area (Å²) in [6, 6.07) is 21.9. The minimum absolute atomic E-state index is 0. The Hall–Kier alpha value is 0.648. The monoisotopic (exact) mass is 527 g/mol. The molecule has 0 nitrogen and oxygen atoms in total. The first-order valence-corrected chi connectivity index (χ1v) is 8.65. The summed E-state index contributed by atoms with van der Waals surface area (Å²) in [4.78, 5) is 0. The standard InChI is InChI=1S/2C7H7.4C2H6.2CH4.CH3.2Y/c2*1-7-5-3-2-4-6-7;4*1-2;;;;;/h2*2-5H,1H3;4*1-2H3;2*1H4;1H3;;/q2*-1;;;;;;;-1;;. The molecular weight excluding hydrogens is 478 g/mol. The van der Waals surface area contributed by atoms with Crippen molar-refractivity contribution in [1.82, 2.24) is 0 Å². The van der Waals surface area contributed by atoms with Crippen molar-refractivity contribution in [3.8, 4) is 0 Å². The Bertz CT molecular complexity index is 308. The molecule has 0 amide bonds. The van der Waals surface area contributed by atoms with Crippen LogP contribution in [-0.2, 0) is 65.4 Å². The van der Waals surface area contributed by atoms with Gasteiger partial charge in [-0.15, -0.1) is 0 Å². The zero-order valence-electron chi connectivity index (χ0n) is 18.8. The van der Waals surface area contributed by atoms with Crippen molar-refractivity contribution < 1.29 is 65.4 Å². The average Bonchev–Trinajstić information content (AvgIpc) is 2.64. The molecule has 0 saturated heterocycles. The summed E-state index contributed by atoms with van der Waals surface area (Å²) < 4.78 is 0. The number of hydrogen-bond acceptors (Lipinski definition) is 0. The van der Waals surface area contributed by atoms with Gasteiger partial charge in [-0.25, -0.2) is 0 Å². The van der Waals surface area contributed by atoms with Gasteiger partial charge in [0.25, 0.3) is 0 Å². The second kappa shape index (κ2) is 63.2. The summed E-state index contributed by atoms with van der Waals surface area (Å²) in [5, 5.41) is 0. The van der Waals surface area contributed by atoms with E-state index in [1.165, 1.54) is 11.1 Å². The molecule has 0 atom stereocenters. The molecule has 0 spiro atoms. The number of hydrogen-bond donors (Lipinski definition) is 0. The maximum absolute atomic E-state index is 3.03. The van der Waals surface area contributed by atoms with E-state index in [-0.39, 0.29) is 87.7 Å². The Morgan fingerprint density at radius 3 is 0.815 bits per heavy atom. The van der Waals surface area contributed by atoms with Crippen LogP contribution in [0.2, 0.25) is 0 Å². The maximum atomic E-state index is 3.03. The fourth-order valence-corrected chi connectivity index (χ4v) is 0.966. The van der Waals surface area contributed by atoms with Crippen LogP contribution in [0.5, 0.6) is 0 Å². The van der Waals surface area contributed by atoms with Crippen molar-refractivity contribution in [2.75, 3.05) is 0 Å². The van der Waals surface area contributed by atoms with E-state index >= 15 is 0 Å². The van der Waals surface area contributed by atoms with Crippen LogP contribution in [0.1, 0.15) is 81.4 Å². The zero-order valence-corrected chi connectivity index (χ0v) is 24.5. The van der Waals surface area contributed by atoms with Crippen molar-refractivity contribution in [3.63, 3.8) is 0 Å². The van der Waals surface area contributed by atoms with E-state index in [1.807, 2.05) is 118 Å². The van der Waals surface area contributed by atoms with Crippen LogP contribution in [0.15, 0.2) is 48.5 Å². The first-order valence-electron chi connectivity index (χ1n) is 8.65. The average molecular weight is 527 g/mol. The maximum Gasteiger partial charge on any atom is 0 e. The van der Waals surface area contributed by atoms with E-state index in [0.29, 0.717) is 0 Å². The molecule has 0 fully saturated rings. The molecule has 0 N–H and O–H groups in total. The van der Waals surface area contributed by atoms with Gasteiger partial charge in [0.1, 0.15) is 0 Å². The second-order valence-electron chi connectivity index (χ2n) is 3.09. The fourth-order valence-electron chi connectivity index (χ4n) is 0.966. The molecule has 2 heteroatoms. The summed E-state index contributed by atoms with van der Waals surface area (Å²) in [5.41, 5.74) is 2.39. The molecule has 0 aliphatic heterocycles. The van der Waals surface area contributed by atoms with Gasteiger partial charge < -0.3 is 7.43 Å². The Balaban J connectivity index is -0.0000000221. The SMILES string of the molecule is C.C.CC.CC.CC.CC.Cc1[c-]cccc1.Cc1[c-]cccc1.[CH3-].[Y].[Y]. The van der Waals surface area contributed by atoms with Crippen LogP contribution in [0, 0.1) is 33.4 Å². The van der Waals surface area contributed by atoms with E-state index in [2.05, 4.69) is 12.1 Å². The quantitative estimate of drug-likeness (QED) is 0.300. The van der Waals surface area contributed by atoms with Crippen LogP contribution in [-0.4, -0.2) is 0 Å². The number of rotatable bonds is 0. The van der Waals surface area contributed by atoms with Crippen LogP contribution in [0.4, 0.5) is 0 Å². The largest absolute Gasteiger partial charge is 0.358 e. The molecule has 2 radical (unpaired) electrons. The minimum atomic E-state index is 0. The summed E-state index contributed by atoms with van der Waals surface area (Å²) in [6.07, 6.45) is 0. The van der Waals surface area contributed by atoms with E-state index in [1.54, 1.807) is 0 Å². The Morgan fingerprint density at radius 2 is 0.741 bits per heavy atom. The van der Waals surface area contributed by atoms with Gasteiger partial charge in [0.15, 0.2) is 0 Å². The van der Waals surface area contributed by atoms with Gasteiger partial charge in [-0.05, 0) is 0 Å². The van der Waals surface area contributed by atoms with Crippen LogP contribution >= 0.6 is 0 Å². The molecule has 0 unspecified atom stereocenters. The molecule has 27 heavy (non-hydrogen) atoms. The Labute approximate surface area is 226 Å². The summed E-state index contributed by atoms with van der Waals surface area (Å²) in [6.45, 7) is 20.1. The van der Waals surface area contributed by atoms with Crippen LogP contribution < -0.4 is 0 Å². The smallest absolute Gasteiger partial charge is 0 e. The van der Waals surface area contributed by atoms with Crippen molar-refractivity contribution in [3.05, 3.63) is 79.2 Å². The third-order valence-electron chi connectivity index (χ3n) is 1.73. The fraction of sp³-hybridized carbons (Fsp3) is 0.480. The predicted molar refractivity (Wildman–Crippen MR) is 125 cm³/mol. The molecule has 0 aliphatic rings. The zero-order chi connectivity index (χ0) is 18.2. The third kappa shape index (κ3) is 58.4. The first kappa shape index (κ1) is 56.5. The van der Waals surface area contributed by atoms with Crippen molar-refractivity contribution >= 4 is 0 Å². The molecule has 0 saturated carbocycles. The van der Waals surface area contributed by atoms with Crippen LogP contribution in [0.25, 0.3) is 0 Å². The van der Waals surface area contributed by atoms with Gasteiger partial charge in [0.2, 0.25) is 0 Å². The van der Waals surface area contributed by atoms with Crippen molar-refractivity contribution in [2.45, 2.75) is 84.1 Å². The number of aryl methyl sites for hydroxylation is 2. The predicted octanol–water partition coefficient (Wildman–Crippen LogP) is 9.41. The molecule has 2 rings (SSSR count). The number of benzene rings is 2. The first-order chi connectivity index (χ1) is 10.8. The van der Waals surface area contributed by atoms with Crippen LogP contribution in [0.3, 0.4) is 0 Å². The summed E-state index contributed by atoms with van der Waals surface area (Å²) in [7, 11) is 0.